The highest BCUT2D eigenvalue weighted by atomic mass is 79.9. The normalized spacial score (nSPS) is 15.1. The molecule has 126 valence electrons. The topological polar surface area (TPSA) is 63.2 Å². The number of nitrogens with zero attached hydrogens (tertiary/aromatic N) is 1. The van der Waals surface area contributed by atoms with E-state index in [1.165, 1.54) is 0 Å². The lowest BCUT2D eigenvalue weighted by molar-refractivity contribution is -0.122. The molecule has 1 aliphatic rings. The second-order valence-electron chi connectivity index (χ2n) is 5.89. The van der Waals surface area contributed by atoms with Crippen LogP contribution in [0.2, 0.25) is 0 Å². The van der Waals surface area contributed by atoms with E-state index in [9.17, 15) is 4.79 Å². The quantitative estimate of drug-likeness (QED) is 0.819. The molecule has 6 heteroatoms. The number of ether oxygens (including phenoxy) is 1. The number of halogens is 1. The van der Waals surface area contributed by atoms with Crippen molar-refractivity contribution in [2.45, 2.75) is 19.8 Å². The Hall–Kier alpha value is -1.92. The zero-order valence-corrected chi connectivity index (χ0v) is 15.1. The highest BCUT2D eigenvalue weighted by molar-refractivity contribution is 9.10. The second kappa shape index (κ2) is 7.77. The predicted octanol–water partition coefficient (Wildman–Crippen LogP) is 4.26. The number of rotatable bonds is 4. The standard InChI is InChI=1S/C18H20BrN3O2/c1-12-10-14(19)2-4-16(12)22-17-5-3-15(11-20-17)21-18(23)13-6-8-24-9-7-13/h2-5,10-11,13H,6-9H2,1H3,(H,20,22)(H,21,23). The van der Waals surface area contributed by atoms with Crippen molar-refractivity contribution < 1.29 is 9.53 Å². The summed E-state index contributed by atoms with van der Waals surface area (Å²) in [6, 6.07) is 9.76. The number of hydrogen-bond donors (Lipinski definition) is 2. The number of carbonyl (C=O) groups excluding carboxylic acids is 1. The molecule has 1 aromatic heterocycles. The molecule has 2 heterocycles. The number of pyridine rings is 1. The largest absolute Gasteiger partial charge is 0.381 e. The molecule has 2 aromatic rings. The second-order valence-corrected chi connectivity index (χ2v) is 6.81. The van der Waals surface area contributed by atoms with Crippen molar-refractivity contribution in [1.29, 1.82) is 0 Å². The maximum atomic E-state index is 12.2. The zero-order valence-electron chi connectivity index (χ0n) is 13.5. The minimum absolute atomic E-state index is 0.0296. The van der Waals surface area contributed by atoms with Gasteiger partial charge in [0.05, 0.1) is 11.9 Å². The molecule has 0 bridgehead atoms. The van der Waals surface area contributed by atoms with Gasteiger partial charge in [-0.2, -0.15) is 0 Å². The molecule has 1 aromatic carbocycles. The van der Waals surface area contributed by atoms with E-state index in [2.05, 4.69) is 31.5 Å². The molecule has 1 saturated heterocycles. The van der Waals surface area contributed by atoms with E-state index in [4.69, 9.17) is 4.74 Å². The molecule has 1 aliphatic heterocycles. The summed E-state index contributed by atoms with van der Waals surface area (Å²) < 4.78 is 6.33. The van der Waals surface area contributed by atoms with Crippen LogP contribution < -0.4 is 10.6 Å². The van der Waals surface area contributed by atoms with Gasteiger partial charge in [0.15, 0.2) is 0 Å². The van der Waals surface area contributed by atoms with Gasteiger partial charge >= 0.3 is 0 Å². The fourth-order valence-electron chi connectivity index (χ4n) is 2.65. The first-order valence-corrected chi connectivity index (χ1v) is 8.79. The number of benzene rings is 1. The summed E-state index contributed by atoms with van der Waals surface area (Å²) >= 11 is 3.46. The average Bonchev–Trinajstić information content (AvgIpc) is 2.60. The Kier molecular flexibility index (Phi) is 5.48. The van der Waals surface area contributed by atoms with Crippen LogP contribution in [0.25, 0.3) is 0 Å². The number of anilines is 3. The van der Waals surface area contributed by atoms with Gasteiger partial charge in [-0.15, -0.1) is 0 Å². The molecule has 2 N–H and O–H groups in total. The Labute approximate surface area is 149 Å². The first-order chi connectivity index (χ1) is 11.6. The van der Waals surface area contributed by atoms with Gasteiger partial charge < -0.3 is 15.4 Å². The smallest absolute Gasteiger partial charge is 0.227 e. The van der Waals surface area contributed by atoms with Crippen LogP contribution >= 0.6 is 15.9 Å². The third kappa shape index (κ3) is 4.33. The van der Waals surface area contributed by atoms with E-state index in [1.54, 1.807) is 6.20 Å². The van der Waals surface area contributed by atoms with Gasteiger partial charge in [0.1, 0.15) is 5.82 Å². The lowest BCUT2D eigenvalue weighted by Gasteiger charge is -2.21. The first-order valence-electron chi connectivity index (χ1n) is 7.99. The van der Waals surface area contributed by atoms with Crippen molar-refractivity contribution in [2.75, 3.05) is 23.8 Å². The van der Waals surface area contributed by atoms with Crippen LogP contribution in [0.1, 0.15) is 18.4 Å². The summed E-state index contributed by atoms with van der Waals surface area (Å²) in [4.78, 5) is 16.6. The highest BCUT2D eigenvalue weighted by Gasteiger charge is 2.21. The summed E-state index contributed by atoms with van der Waals surface area (Å²) in [6.07, 6.45) is 3.23. The van der Waals surface area contributed by atoms with E-state index in [0.29, 0.717) is 18.9 Å². The molecule has 1 amide bonds. The molecule has 0 saturated carbocycles. The van der Waals surface area contributed by atoms with Gasteiger partial charge in [-0.25, -0.2) is 4.98 Å². The van der Waals surface area contributed by atoms with Gasteiger partial charge in [-0.05, 0) is 55.7 Å². The van der Waals surface area contributed by atoms with Crippen molar-refractivity contribution >= 4 is 39.0 Å². The Balaban J connectivity index is 1.61. The summed E-state index contributed by atoms with van der Waals surface area (Å²) in [5.74, 6) is 0.816. The maximum absolute atomic E-state index is 12.2. The molecular weight excluding hydrogens is 370 g/mol. The number of aryl methyl sites for hydroxylation is 1. The predicted molar refractivity (Wildman–Crippen MR) is 98.6 cm³/mol. The fourth-order valence-corrected chi connectivity index (χ4v) is 3.13. The van der Waals surface area contributed by atoms with Crippen LogP contribution in [0, 0.1) is 12.8 Å². The Morgan fingerprint density at radius 2 is 2.04 bits per heavy atom. The summed E-state index contributed by atoms with van der Waals surface area (Å²) in [5, 5.41) is 6.21. The lowest BCUT2D eigenvalue weighted by Crippen LogP contribution is -2.28. The van der Waals surface area contributed by atoms with E-state index in [1.807, 2.05) is 37.3 Å². The lowest BCUT2D eigenvalue weighted by atomic mass is 9.99. The van der Waals surface area contributed by atoms with Gasteiger partial charge in [0, 0.05) is 29.3 Å². The fraction of sp³-hybridized carbons (Fsp3) is 0.333. The molecule has 0 atom stereocenters. The van der Waals surface area contributed by atoms with Gasteiger partial charge in [-0.3, -0.25) is 4.79 Å². The van der Waals surface area contributed by atoms with E-state index < -0.39 is 0 Å². The van der Waals surface area contributed by atoms with Crippen LogP contribution in [0.3, 0.4) is 0 Å². The molecular formula is C18H20BrN3O2. The van der Waals surface area contributed by atoms with Gasteiger partial charge in [-0.1, -0.05) is 15.9 Å². The zero-order chi connectivity index (χ0) is 16.9. The molecule has 3 rings (SSSR count). The summed E-state index contributed by atoms with van der Waals surface area (Å²) in [7, 11) is 0. The summed E-state index contributed by atoms with van der Waals surface area (Å²) in [5.41, 5.74) is 2.84. The van der Waals surface area contributed by atoms with Gasteiger partial charge in [0.2, 0.25) is 5.91 Å². The van der Waals surface area contributed by atoms with Crippen molar-refractivity contribution in [1.82, 2.24) is 4.98 Å². The number of aromatic nitrogens is 1. The summed E-state index contributed by atoms with van der Waals surface area (Å²) in [6.45, 7) is 3.35. The third-order valence-corrected chi connectivity index (χ3v) is 4.57. The van der Waals surface area contributed by atoms with Crippen LogP contribution in [0.15, 0.2) is 41.0 Å². The molecule has 5 nitrogen and oxygen atoms in total. The first kappa shape index (κ1) is 16.9. The SMILES string of the molecule is Cc1cc(Br)ccc1Nc1ccc(NC(=O)C2CCOCC2)cn1. The van der Waals surface area contributed by atoms with Crippen molar-refractivity contribution in [3.8, 4) is 0 Å². The number of hydrogen-bond acceptors (Lipinski definition) is 4. The highest BCUT2D eigenvalue weighted by Crippen LogP contribution is 2.24. The van der Waals surface area contributed by atoms with Crippen molar-refractivity contribution in [3.63, 3.8) is 0 Å². The van der Waals surface area contributed by atoms with Crippen LogP contribution in [0.5, 0.6) is 0 Å². The molecule has 0 radical (unpaired) electrons. The van der Waals surface area contributed by atoms with Crippen molar-refractivity contribution in [2.24, 2.45) is 5.92 Å². The van der Waals surface area contributed by atoms with Gasteiger partial charge in [0.25, 0.3) is 0 Å². The third-order valence-electron chi connectivity index (χ3n) is 4.07. The van der Waals surface area contributed by atoms with E-state index >= 15 is 0 Å². The van der Waals surface area contributed by atoms with Crippen molar-refractivity contribution in [3.05, 3.63) is 46.6 Å². The minimum Gasteiger partial charge on any atom is -0.381 e. The molecule has 0 unspecified atom stereocenters. The molecule has 0 spiro atoms. The number of amides is 1. The maximum Gasteiger partial charge on any atom is 0.227 e. The van der Waals surface area contributed by atoms with Crippen LogP contribution in [0.4, 0.5) is 17.2 Å². The van der Waals surface area contributed by atoms with Crippen LogP contribution in [-0.4, -0.2) is 24.1 Å². The molecule has 24 heavy (non-hydrogen) atoms. The molecule has 1 fully saturated rings. The molecule has 0 aliphatic carbocycles. The average molecular weight is 390 g/mol. The number of nitrogens with one attached hydrogen (secondary N) is 2. The van der Waals surface area contributed by atoms with E-state index in [0.717, 1.165) is 34.4 Å². The van der Waals surface area contributed by atoms with E-state index in [-0.39, 0.29) is 11.8 Å². The number of carbonyl (C=O) groups is 1. The Morgan fingerprint density at radius 3 is 2.71 bits per heavy atom. The monoisotopic (exact) mass is 389 g/mol. The Morgan fingerprint density at radius 1 is 1.25 bits per heavy atom. The van der Waals surface area contributed by atoms with Crippen LogP contribution in [-0.2, 0) is 9.53 Å². The Bertz CT molecular complexity index is 713. The minimum atomic E-state index is 0.0296.